The van der Waals surface area contributed by atoms with Gasteiger partial charge in [-0.2, -0.15) is 13.2 Å². The van der Waals surface area contributed by atoms with Gasteiger partial charge in [-0.05, 0) is 17.7 Å². The lowest BCUT2D eigenvalue weighted by atomic mass is 10.2. The average molecular weight is 326 g/mol. The first-order valence-corrected chi connectivity index (χ1v) is 6.10. The summed E-state index contributed by atoms with van der Waals surface area (Å²) in [5, 5.41) is 3.94. The second-order valence-electron chi connectivity index (χ2n) is 4.06. The molecule has 1 aromatic heterocycles. The smallest absolute Gasteiger partial charge is 0.274 e. The molecule has 0 radical (unpaired) electrons. The van der Waals surface area contributed by atoms with Gasteiger partial charge in [0.1, 0.15) is 0 Å². The van der Waals surface area contributed by atoms with Crippen LogP contribution >= 0.6 is 23.2 Å². The molecule has 9 heteroatoms. The van der Waals surface area contributed by atoms with Gasteiger partial charge in [-0.3, -0.25) is 4.57 Å². The number of rotatable bonds is 2. The minimum Gasteiger partial charge on any atom is -0.274 e. The van der Waals surface area contributed by atoms with Gasteiger partial charge in [-0.25, -0.2) is 9.48 Å². The summed E-state index contributed by atoms with van der Waals surface area (Å²) in [6.07, 6.45) is -4.69. The first kappa shape index (κ1) is 14.9. The summed E-state index contributed by atoms with van der Waals surface area (Å²) >= 11 is 11.6. The Morgan fingerprint density at radius 1 is 1.30 bits per heavy atom. The minimum absolute atomic E-state index is 0.168. The van der Waals surface area contributed by atoms with Gasteiger partial charge in [0.15, 0.2) is 0 Å². The summed E-state index contributed by atoms with van der Waals surface area (Å²) in [4.78, 5) is 11.7. The summed E-state index contributed by atoms with van der Waals surface area (Å²) in [5.74, 6) is -1.26. The highest BCUT2D eigenvalue weighted by Crippen LogP contribution is 2.26. The standard InChI is InChI=1S/C11H8Cl2F3N3O/c1-18-9(11(14,15)16)17-19(10(18)20)5-6-2-3-7(12)4-8(6)13/h2-4H,5H2,1H3. The SMILES string of the molecule is Cn1c(C(F)(F)F)nn(Cc2ccc(Cl)cc2Cl)c1=O. The number of nitrogens with zero attached hydrogens (tertiary/aromatic N) is 3. The quantitative estimate of drug-likeness (QED) is 0.851. The molecule has 0 bridgehead atoms. The third-order valence-electron chi connectivity index (χ3n) is 2.63. The Balaban J connectivity index is 2.42. The molecule has 0 aliphatic rings. The molecular weight excluding hydrogens is 318 g/mol. The second-order valence-corrected chi connectivity index (χ2v) is 4.90. The van der Waals surface area contributed by atoms with E-state index in [4.69, 9.17) is 23.2 Å². The number of benzene rings is 1. The van der Waals surface area contributed by atoms with Crippen molar-refractivity contribution in [2.45, 2.75) is 12.7 Å². The molecule has 4 nitrogen and oxygen atoms in total. The van der Waals surface area contributed by atoms with Crippen LogP contribution in [0.4, 0.5) is 13.2 Å². The molecule has 2 rings (SSSR count). The molecule has 2 aromatic rings. The van der Waals surface area contributed by atoms with Crippen molar-refractivity contribution in [1.82, 2.24) is 14.3 Å². The van der Waals surface area contributed by atoms with E-state index in [9.17, 15) is 18.0 Å². The maximum absolute atomic E-state index is 12.6. The fourth-order valence-corrected chi connectivity index (χ4v) is 2.12. The van der Waals surface area contributed by atoms with Crippen LogP contribution in [-0.4, -0.2) is 14.3 Å². The summed E-state index contributed by atoms with van der Waals surface area (Å²) in [7, 11) is 1.01. The molecule has 0 fully saturated rings. The van der Waals surface area contributed by atoms with Crippen LogP contribution in [0.1, 0.15) is 11.4 Å². The molecule has 1 aromatic carbocycles. The van der Waals surface area contributed by atoms with Gasteiger partial charge < -0.3 is 0 Å². The van der Waals surface area contributed by atoms with E-state index in [2.05, 4.69) is 5.10 Å². The van der Waals surface area contributed by atoms with E-state index >= 15 is 0 Å². The Bertz CT molecular complexity index is 706. The van der Waals surface area contributed by atoms with Crippen LogP contribution in [-0.2, 0) is 19.8 Å². The maximum atomic E-state index is 12.6. The van der Waals surface area contributed by atoms with Crippen LogP contribution < -0.4 is 5.69 Å². The van der Waals surface area contributed by atoms with Crippen molar-refractivity contribution in [2.75, 3.05) is 0 Å². The van der Waals surface area contributed by atoms with Gasteiger partial charge in [0, 0.05) is 17.1 Å². The number of halogens is 5. The van der Waals surface area contributed by atoms with E-state index in [1.165, 1.54) is 18.2 Å². The topological polar surface area (TPSA) is 39.8 Å². The molecule has 108 valence electrons. The number of alkyl halides is 3. The molecule has 0 amide bonds. The van der Waals surface area contributed by atoms with Gasteiger partial charge in [0.05, 0.1) is 6.54 Å². The maximum Gasteiger partial charge on any atom is 0.451 e. The fourth-order valence-electron chi connectivity index (χ4n) is 1.65. The monoisotopic (exact) mass is 325 g/mol. The van der Waals surface area contributed by atoms with E-state index < -0.39 is 17.7 Å². The van der Waals surface area contributed by atoms with Crippen molar-refractivity contribution in [3.05, 3.63) is 50.1 Å². The van der Waals surface area contributed by atoms with Gasteiger partial charge in [-0.1, -0.05) is 29.3 Å². The minimum atomic E-state index is -4.69. The van der Waals surface area contributed by atoms with Crippen LogP contribution in [0.25, 0.3) is 0 Å². The number of aromatic nitrogens is 3. The second kappa shape index (κ2) is 5.14. The normalized spacial score (nSPS) is 11.9. The summed E-state index contributed by atoms with van der Waals surface area (Å²) in [6, 6.07) is 4.50. The largest absolute Gasteiger partial charge is 0.451 e. The first-order chi connectivity index (χ1) is 9.20. The summed E-state index contributed by atoms with van der Waals surface area (Å²) in [6.45, 7) is -0.168. The van der Waals surface area contributed by atoms with Crippen LogP contribution in [0, 0.1) is 0 Å². The molecule has 20 heavy (non-hydrogen) atoms. The Morgan fingerprint density at radius 2 is 1.95 bits per heavy atom. The highest BCUT2D eigenvalue weighted by Gasteiger charge is 2.38. The zero-order valence-electron chi connectivity index (χ0n) is 10.1. The Kier molecular flexibility index (Phi) is 3.84. The van der Waals surface area contributed by atoms with E-state index in [-0.39, 0.29) is 11.6 Å². The van der Waals surface area contributed by atoms with Crippen molar-refractivity contribution in [3.63, 3.8) is 0 Å². The Morgan fingerprint density at radius 3 is 2.45 bits per heavy atom. The first-order valence-electron chi connectivity index (χ1n) is 5.35. The lowest BCUT2D eigenvalue weighted by Crippen LogP contribution is -2.24. The predicted octanol–water partition coefficient (Wildman–Crippen LogP) is 2.96. The van der Waals surface area contributed by atoms with Gasteiger partial charge in [-0.15, -0.1) is 5.10 Å². The Hall–Kier alpha value is -1.47. The van der Waals surface area contributed by atoms with Crippen LogP contribution in [0.5, 0.6) is 0 Å². The van der Waals surface area contributed by atoms with Crippen molar-refractivity contribution >= 4 is 23.2 Å². The van der Waals surface area contributed by atoms with Crippen molar-refractivity contribution < 1.29 is 13.2 Å². The van der Waals surface area contributed by atoms with E-state index in [0.717, 1.165) is 7.05 Å². The molecule has 0 N–H and O–H groups in total. The molecule has 0 saturated heterocycles. The molecule has 0 spiro atoms. The van der Waals surface area contributed by atoms with Crippen LogP contribution in [0.2, 0.25) is 10.0 Å². The molecule has 0 aliphatic carbocycles. The zero-order valence-corrected chi connectivity index (χ0v) is 11.6. The summed E-state index contributed by atoms with van der Waals surface area (Å²) in [5.41, 5.74) is -0.423. The van der Waals surface area contributed by atoms with Crippen LogP contribution in [0.3, 0.4) is 0 Å². The van der Waals surface area contributed by atoms with Gasteiger partial charge >= 0.3 is 11.9 Å². The lowest BCUT2D eigenvalue weighted by Gasteiger charge is -2.04. The fraction of sp³-hybridized carbons (Fsp3) is 0.273. The average Bonchev–Trinajstić information content (AvgIpc) is 2.60. The van der Waals surface area contributed by atoms with Crippen LogP contribution in [0.15, 0.2) is 23.0 Å². The van der Waals surface area contributed by atoms with Crippen molar-refractivity contribution in [1.29, 1.82) is 0 Å². The highest BCUT2D eigenvalue weighted by molar-refractivity contribution is 6.35. The highest BCUT2D eigenvalue weighted by atomic mass is 35.5. The molecular formula is C11H8Cl2F3N3O. The van der Waals surface area contributed by atoms with Crippen molar-refractivity contribution in [2.24, 2.45) is 7.05 Å². The Labute approximate surface area is 121 Å². The van der Waals surface area contributed by atoms with Crippen molar-refractivity contribution in [3.8, 4) is 0 Å². The van der Waals surface area contributed by atoms with Gasteiger partial charge in [0.25, 0.3) is 0 Å². The third kappa shape index (κ3) is 2.83. The van der Waals surface area contributed by atoms with Gasteiger partial charge in [0.2, 0.25) is 5.82 Å². The van der Waals surface area contributed by atoms with E-state index in [1.807, 2.05) is 0 Å². The molecule has 0 saturated carbocycles. The van der Waals surface area contributed by atoms with E-state index in [0.29, 0.717) is 19.8 Å². The molecule has 1 heterocycles. The number of hydrogen-bond donors (Lipinski definition) is 0. The lowest BCUT2D eigenvalue weighted by molar-refractivity contribution is -0.147. The predicted molar refractivity (Wildman–Crippen MR) is 68.0 cm³/mol. The number of hydrogen-bond acceptors (Lipinski definition) is 2. The molecule has 0 atom stereocenters. The van der Waals surface area contributed by atoms with E-state index in [1.54, 1.807) is 0 Å². The third-order valence-corrected chi connectivity index (χ3v) is 3.22. The summed E-state index contributed by atoms with van der Waals surface area (Å²) < 4.78 is 39.1. The zero-order chi connectivity index (χ0) is 15.1. The molecule has 0 unspecified atom stereocenters. The molecule has 0 aliphatic heterocycles.